The Bertz CT molecular complexity index is 415. The van der Waals surface area contributed by atoms with Gasteiger partial charge in [-0.25, -0.2) is 0 Å². The minimum Gasteiger partial charge on any atom is -0.389 e. The minimum atomic E-state index is 0.334. The molecule has 0 aliphatic heterocycles. The molecule has 1 rings (SSSR count). The van der Waals surface area contributed by atoms with E-state index in [-0.39, 0.29) is 0 Å². The standard InChI is InChI=1S/C13H18ClNO3S/c1-16-4-5-17-6-7-18-9-11-3-2-10(13(15)19)8-12(11)14/h2-3,8H,4-7,9H2,1H3,(H2,15,19). The zero-order valence-corrected chi connectivity index (χ0v) is 12.4. The van der Waals surface area contributed by atoms with Gasteiger partial charge in [0, 0.05) is 17.7 Å². The zero-order valence-electron chi connectivity index (χ0n) is 10.9. The van der Waals surface area contributed by atoms with Crippen molar-refractivity contribution in [3.8, 4) is 0 Å². The van der Waals surface area contributed by atoms with Crippen LogP contribution in [-0.2, 0) is 20.8 Å². The van der Waals surface area contributed by atoms with Crippen molar-refractivity contribution >= 4 is 28.8 Å². The lowest BCUT2D eigenvalue weighted by Crippen LogP contribution is -2.10. The molecule has 2 N–H and O–H groups in total. The summed E-state index contributed by atoms with van der Waals surface area (Å²) in [6, 6.07) is 5.45. The van der Waals surface area contributed by atoms with Crippen LogP contribution in [0.5, 0.6) is 0 Å². The van der Waals surface area contributed by atoms with E-state index in [0.29, 0.717) is 43.0 Å². The second-order valence-corrected chi connectivity index (χ2v) is 4.68. The summed E-state index contributed by atoms with van der Waals surface area (Å²) in [5.74, 6) is 0. The first-order valence-electron chi connectivity index (χ1n) is 5.87. The highest BCUT2D eigenvalue weighted by molar-refractivity contribution is 7.80. The number of rotatable bonds is 9. The maximum atomic E-state index is 6.11. The first kappa shape index (κ1) is 16.3. The van der Waals surface area contributed by atoms with Gasteiger partial charge >= 0.3 is 0 Å². The molecule has 0 bridgehead atoms. The summed E-state index contributed by atoms with van der Waals surface area (Å²) in [7, 11) is 1.64. The number of ether oxygens (including phenoxy) is 3. The average Bonchev–Trinajstić information content (AvgIpc) is 2.39. The van der Waals surface area contributed by atoms with Gasteiger partial charge in [0.05, 0.1) is 33.0 Å². The lowest BCUT2D eigenvalue weighted by molar-refractivity contribution is 0.0200. The molecule has 0 saturated heterocycles. The van der Waals surface area contributed by atoms with Crippen molar-refractivity contribution in [3.05, 3.63) is 34.3 Å². The molecule has 0 fully saturated rings. The lowest BCUT2D eigenvalue weighted by Gasteiger charge is -2.08. The Morgan fingerprint density at radius 1 is 1.21 bits per heavy atom. The first-order chi connectivity index (χ1) is 9.15. The Balaban J connectivity index is 2.28. The predicted octanol–water partition coefficient (Wildman–Crippen LogP) is 2.15. The molecule has 6 heteroatoms. The molecule has 0 aliphatic carbocycles. The van der Waals surface area contributed by atoms with E-state index in [1.54, 1.807) is 13.2 Å². The van der Waals surface area contributed by atoms with Gasteiger partial charge in [-0.15, -0.1) is 0 Å². The number of hydrogen-bond acceptors (Lipinski definition) is 4. The third-order valence-electron chi connectivity index (χ3n) is 2.40. The van der Waals surface area contributed by atoms with Gasteiger partial charge in [0.1, 0.15) is 4.99 Å². The Kier molecular flexibility index (Phi) is 7.93. The first-order valence-corrected chi connectivity index (χ1v) is 6.66. The summed E-state index contributed by atoms with van der Waals surface area (Å²) in [5.41, 5.74) is 7.18. The summed E-state index contributed by atoms with van der Waals surface area (Å²) in [4.78, 5) is 0.334. The number of halogens is 1. The van der Waals surface area contributed by atoms with Crippen LogP contribution in [0.1, 0.15) is 11.1 Å². The summed E-state index contributed by atoms with van der Waals surface area (Å²) in [5, 5.41) is 0.602. The molecule has 0 unspecified atom stereocenters. The average molecular weight is 304 g/mol. The Labute approximate surface area is 123 Å². The van der Waals surface area contributed by atoms with E-state index in [1.807, 2.05) is 12.1 Å². The van der Waals surface area contributed by atoms with Gasteiger partial charge in [0.15, 0.2) is 0 Å². The van der Waals surface area contributed by atoms with Gasteiger partial charge in [-0.1, -0.05) is 36.0 Å². The molecule has 0 amide bonds. The molecular formula is C13H18ClNO3S. The minimum absolute atomic E-state index is 0.334. The molecule has 0 spiro atoms. The Morgan fingerprint density at radius 2 is 1.89 bits per heavy atom. The molecule has 0 saturated carbocycles. The molecule has 1 aromatic rings. The third kappa shape index (κ3) is 6.31. The third-order valence-corrected chi connectivity index (χ3v) is 2.99. The monoisotopic (exact) mass is 303 g/mol. The number of thiocarbonyl (C=S) groups is 1. The predicted molar refractivity (Wildman–Crippen MR) is 79.7 cm³/mol. The molecule has 106 valence electrons. The van der Waals surface area contributed by atoms with E-state index < -0.39 is 0 Å². The van der Waals surface area contributed by atoms with E-state index in [0.717, 1.165) is 11.1 Å². The van der Waals surface area contributed by atoms with Crippen molar-refractivity contribution in [1.29, 1.82) is 0 Å². The van der Waals surface area contributed by atoms with Crippen LogP contribution in [0.2, 0.25) is 5.02 Å². The van der Waals surface area contributed by atoms with Crippen molar-refractivity contribution < 1.29 is 14.2 Å². The fourth-order valence-electron chi connectivity index (χ4n) is 1.36. The highest BCUT2D eigenvalue weighted by Gasteiger charge is 2.04. The fourth-order valence-corrected chi connectivity index (χ4v) is 1.72. The van der Waals surface area contributed by atoms with Crippen LogP contribution in [0, 0.1) is 0 Å². The molecule has 19 heavy (non-hydrogen) atoms. The summed E-state index contributed by atoms with van der Waals surface area (Å²) in [6.07, 6.45) is 0. The van der Waals surface area contributed by atoms with Crippen LogP contribution in [0.3, 0.4) is 0 Å². The van der Waals surface area contributed by atoms with Crippen LogP contribution in [-0.4, -0.2) is 38.5 Å². The summed E-state index contributed by atoms with van der Waals surface area (Å²) >= 11 is 11.0. The fraction of sp³-hybridized carbons (Fsp3) is 0.462. The SMILES string of the molecule is COCCOCCOCc1ccc(C(N)=S)cc1Cl. The maximum absolute atomic E-state index is 6.11. The number of hydrogen-bond donors (Lipinski definition) is 1. The second-order valence-electron chi connectivity index (χ2n) is 3.83. The van der Waals surface area contributed by atoms with Crippen LogP contribution in [0.25, 0.3) is 0 Å². The van der Waals surface area contributed by atoms with Gasteiger partial charge in [0.25, 0.3) is 0 Å². The number of nitrogens with two attached hydrogens (primary N) is 1. The molecule has 0 heterocycles. The lowest BCUT2D eigenvalue weighted by atomic mass is 10.1. The van der Waals surface area contributed by atoms with Gasteiger partial charge in [-0.05, 0) is 11.6 Å². The summed E-state index contributed by atoms with van der Waals surface area (Å²) in [6.45, 7) is 2.64. The van der Waals surface area contributed by atoms with Crippen LogP contribution >= 0.6 is 23.8 Å². The molecule has 0 atom stereocenters. The van der Waals surface area contributed by atoms with Crippen molar-refractivity contribution in [2.24, 2.45) is 5.73 Å². The van der Waals surface area contributed by atoms with E-state index in [2.05, 4.69) is 0 Å². The smallest absolute Gasteiger partial charge is 0.104 e. The highest BCUT2D eigenvalue weighted by Crippen LogP contribution is 2.18. The molecule has 1 aromatic carbocycles. The molecule has 4 nitrogen and oxygen atoms in total. The number of methoxy groups -OCH3 is 1. The van der Waals surface area contributed by atoms with E-state index in [1.165, 1.54) is 0 Å². The van der Waals surface area contributed by atoms with Gasteiger partial charge in [-0.2, -0.15) is 0 Å². The quantitative estimate of drug-likeness (QED) is 0.559. The molecule has 0 aliphatic rings. The van der Waals surface area contributed by atoms with Crippen molar-refractivity contribution in [2.75, 3.05) is 33.5 Å². The Morgan fingerprint density at radius 3 is 2.53 bits per heavy atom. The van der Waals surface area contributed by atoms with Crippen molar-refractivity contribution in [3.63, 3.8) is 0 Å². The van der Waals surface area contributed by atoms with Crippen molar-refractivity contribution in [2.45, 2.75) is 6.61 Å². The second kappa shape index (κ2) is 9.23. The van der Waals surface area contributed by atoms with E-state index >= 15 is 0 Å². The number of benzene rings is 1. The molecule has 0 radical (unpaired) electrons. The summed E-state index contributed by atoms with van der Waals surface area (Å²) < 4.78 is 15.6. The van der Waals surface area contributed by atoms with Crippen molar-refractivity contribution in [1.82, 2.24) is 0 Å². The molecule has 0 aromatic heterocycles. The van der Waals surface area contributed by atoms with Gasteiger partial charge in [0.2, 0.25) is 0 Å². The maximum Gasteiger partial charge on any atom is 0.104 e. The van der Waals surface area contributed by atoms with Crippen LogP contribution in [0.15, 0.2) is 18.2 Å². The largest absolute Gasteiger partial charge is 0.389 e. The van der Waals surface area contributed by atoms with E-state index in [4.69, 9.17) is 43.8 Å². The topological polar surface area (TPSA) is 53.7 Å². The van der Waals surface area contributed by atoms with Crippen LogP contribution < -0.4 is 5.73 Å². The molecular weight excluding hydrogens is 286 g/mol. The van der Waals surface area contributed by atoms with E-state index in [9.17, 15) is 0 Å². The van der Waals surface area contributed by atoms with Crippen LogP contribution in [0.4, 0.5) is 0 Å². The highest BCUT2D eigenvalue weighted by atomic mass is 35.5. The van der Waals surface area contributed by atoms with Gasteiger partial charge in [-0.3, -0.25) is 0 Å². The van der Waals surface area contributed by atoms with Gasteiger partial charge < -0.3 is 19.9 Å². The Hall–Kier alpha value is -0.720. The normalized spacial score (nSPS) is 10.6. The zero-order chi connectivity index (χ0) is 14.1.